The molecule has 0 saturated carbocycles. The first-order valence-corrected chi connectivity index (χ1v) is 18.0. The van der Waals surface area contributed by atoms with Crippen molar-refractivity contribution in [1.29, 1.82) is 0 Å². The first-order valence-electron chi connectivity index (χ1n) is 13.6. The maximum absolute atomic E-state index is 12.2. The van der Waals surface area contributed by atoms with E-state index >= 15 is 0 Å². The number of carbonyl (C=O) groups excluding carboxylic acids is 1. The number of carbonyl (C=O) groups is 1. The molecule has 0 aliphatic carbocycles. The van der Waals surface area contributed by atoms with E-state index < -0.39 is 30.0 Å². The van der Waals surface area contributed by atoms with Gasteiger partial charge in [-0.25, -0.2) is 0 Å². The van der Waals surface area contributed by atoms with Crippen LogP contribution in [0, 0.1) is 17.3 Å². The summed E-state index contributed by atoms with van der Waals surface area (Å²) in [6, 6.07) is 3.08. The van der Waals surface area contributed by atoms with Gasteiger partial charge in [0.05, 0.1) is 43.7 Å². The minimum Gasteiger partial charge on any atom is -0.465 e. The lowest BCUT2D eigenvalue weighted by atomic mass is 9.87. The Hall–Kier alpha value is -0.523. The Labute approximate surface area is 221 Å². The topological polar surface area (TPSA) is 97.4 Å². The van der Waals surface area contributed by atoms with Crippen molar-refractivity contribution >= 4 is 24.4 Å². The molecule has 0 unspecified atom stereocenters. The number of hydrogen-bond acceptors (Lipinski definition) is 8. The standard InChI is InChI=1S/C26H52O8SSi/c1-10-36(11-2,12-3)34-24(21(5)19-23-30-15-13-16-31-23)20(4)18-22(33-35(9,28)29)14-17-32-25(27)26(6,7)8/h20-24H,10-19H2,1-9H3/t20-,21+,22+,24+/m1/s1. The molecule has 10 heteroatoms. The lowest BCUT2D eigenvalue weighted by Gasteiger charge is -2.40. The molecular weight excluding hydrogens is 500 g/mol. The second-order valence-electron chi connectivity index (χ2n) is 11.4. The molecular formula is C26H52O8SSi. The van der Waals surface area contributed by atoms with Crippen molar-refractivity contribution < 1.29 is 36.0 Å². The van der Waals surface area contributed by atoms with Crippen molar-refractivity contribution in [2.75, 3.05) is 26.1 Å². The predicted molar refractivity (Wildman–Crippen MR) is 145 cm³/mol. The largest absolute Gasteiger partial charge is 0.465 e. The quantitative estimate of drug-likeness (QED) is 0.140. The molecule has 0 amide bonds. The summed E-state index contributed by atoms with van der Waals surface area (Å²) in [6.07, 6.45) is 2.52. The first-order chi connectivity index (χ1) is 16.7. The van der Waals surface area contributed by atoms with Gasteiger partial charge >= 0.3 is 5.97 Å². The van der Waals surface area contributed by atoms with Crippen LogP contribution in [0.3, 0.4) is 0 Å². The SMILES string of the molecule is CC[Si](CC)(CC)O[C@@H]([C@H](C)C[C@H](CCOC(=O)C(C)(C)C)OS(C)(=O)=O)[C@@H](C)CC1OCCCO1. The summed E-state index contributed by atoms with van der Waals surface area (Å²) >= 11 is 0. The summed E-state index contributed by atoms with van der Waals surface area (Å²) in [7, 11) is -5.62. The van der Waals surface area contributed by atoms with Gasteiger partial charge in [-0.05, 0) is 63.6 Å². The lowest BCUT2D eigenvalue weighted by Crippen LogP contribution is -2.46. The van der Waals surface area contributed by atoms with Gasteiger partial charge in [-0.2, -0.15) is 8.42 Å². The summed E-state index contributed by atoms with van der Waals surface area (Å²) in [4.78, 5) is 12.2. The van der Waals surface area contributed by atoms with Crippen molar-refractivity contribution in [3.63, 3.8) is 0 Å². The number of esters is 1. The van der Waals surface area contributed by atoms with E-state index in [0.717, 1.165) is 37.2 Å². The zero-order chi connectivity index (χ0) is 27.6. The van der Waals surface area contributed by atoms with Crippen LogP contribution in [0.25, 0.3) is 0 Å². The van der Waals surface area contributed by atoms with E-state index in [1.54, 1.807) is 20.8 Å². The highest BCUT2D eigenvalue weighted by atomic mass is 32.2. The van der Waals surface area contributed by atoms with E-state index in [-0.39, 0.29) is 36.8 Å². The highest BCUT2D eigenvalue weighted by Crippen LogP contribution is 2.34. The molecule has 1 rings (SSSR count). The van der Waals surface area contributed by atoms with Crippen LogP contribution in [0.5, 0.6) is 0 Å². The molecule has 0 bridgehead atoms. The zero-order valence-corrected chi connectivity index (χ0v) is 25.9. The molecule has 0 N–H and O–H groups in total. The molecule has 0 aromatic carbocycles. The fourth-order valence-electron chi connectivity index (χ4n) is 4.69. The van der Waals surface area contributed by atoms with Gasteiger partial charge in [-0.1, -0.05) is 34.6 Å². The molecule has 0 aromatic rings. The first kappa shape index (κ1) is 33.5. The monoisotopic (exact) mass is 552 g/mol. The third-order valence-electron chi connectivity index (χ3n) is 7.13. The van der Waals surface area contributed by atoms with Crippen LogP contribution in [-0.4, -0.2) is 67.3 Å². The van der Waals surface area contributed by atoms with E-state index in [4.69, 9.17) is 22.8 Å². The Bertz CT molecular complexity index is 733. The number of ether oxygens (including phenoxy) is 3. The van der Waals surface area contributed by atoms with Gasteiger partial charge in [-0.3, -0.25) is 8.98 Å². The van der Waals surface area contributed by atoms with Crippen LogP contribution in [0.4, 0.5) is 0 Å². The molecule has 0 spiro atoms. The maximum atomic E-state index is 12.2. The van der Waals surface area contributed by atoms with Crippen LogP contribution in [-0.2, 0) is 37.7 Å². The van der Waals surface area contributed by atoms with E-state index in [9.17, 15) is 13.2 Å². The van der Waals surface area contributed by atoms with Crippen molar-refractivity contribution in [2.24, 2.45) is 17.3 Å². The molecule has 4 atom stereocenters. The molecule has 1 aliphatic rings. The van der Waals surface area contributed by atoms with E-state index in [0.29, 0.717) is 26.1 Å². The number of rotatable bonds is 16. The normalized spacial score (nSPS) is 19.5. The lowest BCUT2D eigenvalue weighted by molar-refractivity contribution is -0.190. The molecule has 8 nitrogen and oxygen atoms in total. The van der Waals surface area contributed by atoms with E-state index in [1.807, 2.05) is 0 Å². The zero-order valence-electron chi connectivity index (χ0n) is 24.1. The second kappa shape index (κ2) is 15.2. The predicted octanol–water partition coefficient (Wildman–Crippen LogP) is 5.52. The van der Waals surface area contributed by atoms with Crippen LogP contribution in [0.1, 0.15) is 81.1 Å². The summed E-state index contributed by atoms with van der Waals surface area (Å²) in [6.45, 7) is 17.8. The molecule has 1 heterocycles. The highest BCUT2D eigenvalue weighted by molar-refractivity contribution is 7.86. The van der Waals surface area contributed by atoms with Crippen molar-refractivity contribution in [2.45, 2.75) is 118 Å². The molecule has 1 fully saturated rings. The molecule has 1 aliphatic heterocycles. The Balaban J connectivity index is 3.04. The number of hydrogen-bond donors (Lipinski definition) is 0. The fourth-order valence-corrected chi connectivity index (χ4v) is 8.40. The fraction of sp³-hybridized carbons (Fsp3) is 0.962. The van der Waals surface area contributed by atoms with Gasteiger partial charge in [0, 0.05) is 12.8 Å². The van der Waals surface area contributed by atoms with Gasteiger partial charge in [0.25, 0.3) is 10.1 Å². The van der Waals surface area contributed by atoms with Gasteiger partial charge in [0.1, 0.15) is 0 Å². The van der Waals surface area contributed by atoms with Gasteiger partial charge in [0.2, 0.25) is 0 Å². The molecule has 1 saturated heterocycles. The van der Waals surface area contributed by atoms with Crippen molar-refractivity contribution in [1.82, 2.24) is 0 Å². The summed E-state index contributed by atoms with van der Waals surface area (Å²) in [5.41, 5.74) is -0.619. The Morgan fingerprint density at radius 2 is 1.58 bits per heavy atom. The van der Waals surface area contributed by atoms with Crippen LogP contribution in [0.15, 0.2) is 0 Å². The van der Waals surface area contributed by atoms with Gasteiger partial charge in [-0.15, -0.1) is 0 Å². The minimum absolute atomic E-state index is 0.0187. The van der Waals surface area contributed by atoms with Gasteiger partial charge in [0.15, 0.2) is 14.6 Å². The van der Waals surface area contributed by atoms with Crippen LogP contribution >= 0.6 is 0 Å². The van der Waals surface area contributed by atoms with Crippen molar-refractivity contribution in [3.8, 4) is 0 Å². The highest BCUT2D eigenvalue weighted by Gasteiger charge is 2.38. The second-order valence-corrected chi connectivity index (χ2v) is 17.7. The third kappa shape index (κ3) is 11.9. The molecule has 36 heavy (non-hydrogen) atoms. The maximum Gasteiger partial charge on any atom is 0.311 e. The van der Waals surface area contributed by atoms with E-state index in [1.165, 1.54) is 0 Å². The van der Waals surface area contributed by atoms with E-state index in [2.05, 4.69) is 34.6 Å². The van der Waals surface area contributed by atoms with Crippen LogP contribution in [0.2, 0.25) is 18.1 Å². The minimum atomic E-state index is -3.68. The smallest absolute Gasteiger partial charge is 0.311 e. The summed E-state index contributed by atoms with van der Waals surface area (Å²) in [5.74, 6) is -0.150. The molecule has 0 aromatic heterocycles. The Kier molecular flexibility index (Phi) is 14.1. The molecule has 214 valence electrons. The summed E-state index contributed by atoms with van der Waals surface area (Å²) in [5, 5.41) is 0. The third-order valence-corrected chi connectivity index (χ3v) is 12.4. The Morgan fingerprint density at radius 1 is 1.03 bits per heavy atom. The van der Waals surface area contributed by atoms with Crippen molar-refractivity contribution in [3.05, 3.63) is 0 Å². The Morgan fingerprint density at radius 3 is 2.06 bits per heavy atom. The average Bonchev–Trinajstić information content (AvgIpc) is 2.79. The van der Waals surface area contributed by atoms with Crippen LogP contribution < -0.4 is 0 Å². The molecule has 0 radical (unpaired) electrons. The summed E-state index contributed by atoms with van der Waals surface area (Å²) < 4.78 is 53.6. The van der Waals surface area contributed by atoms with Gasteiger partial charge < -0.3 is 18.6 Å². The average molecular weight is 553 g/mol.